The molecule has 30 heavy (non-hydrogen) atoms. The molecule has 0 bridgehead atoms. The molecular weight excluding hydrogens is 418 g/mol. The molecule has 1 aromatic carbocycles. The highest BCUT2D eigenvalue weighted by Crippen LogP contribution is 2.15. The smallest absolute Gasteiger partial charge is 0.294 e. The third kappa shape index (κ3) is 17.9. The van der Waals surface area contributed by atoms with Crippen molar-refractivity contribution in [3.05, 3.63) is 42.5 Å². The first-order chi connectivity index (χ1) is 13.6. The maximum Gasteiger partial charge on any atom is 0.294 e. The van der Waals surface area contributed by atoms with Crippen LogP contribution in [0, 0.1) is 0 Å². The van der Waals surface area contributed by atoms with E-state index in [1.54, 1.807) is 24.3 Å². The largest absolute Gasteiger partial charge is 1.00 e. The SMILES string of the molecule is C=CCc1ccccc1S(=O)(=O)O.CCCCCCCCCCCC[N+](C)(C)C.[Cl-]. The van der Waals surface area contributed by atoms with Gasteiger partial charge in [-0.3, -0.25) is 4.55 Å². The van der Waals surface area contributed by atoms with Crippen LogP contribution in [0.25, 0.3) is 0 Å². The van der Waals surface area contributed by atoms with E-state index in [1.165, 1.54) is 76.8 Å². The van der Waals surface area contributed by atoms with Gasteiger partial charge < -0.3 is 16.9 Å². The number of rotatable bonds is 14. The Bertz CT molecular complexity index is 655. The quantitative estimate of drug-likeness (QED) is 0.200. The van der Waals surface area contributed by atoms with Crippen molar-refractivity contribution < 1.29 is 29.9 Å². The normalized spacial score (nSPS) is 11.2. The van der Waals surface area contributed by atoms with Gasteiger partial charge in [-0.15, -0.1) is 6.58 Å². The van der Waals surface area contributed by atoms with E-state index < -0.39 is 10.1 Å². The first kappa shape index (κ1) is 31.3. The second-order valence-electron chi connectivity index (χ2n) is 8.77. The monoisotopic (exact) mass is 461 g/mol. The molecule has 1 aromatic rings. The summed E-state index contributed by atoms with van der Waals surface area (Å²) in [7, 11) is 2.75. The zero-order valence-corrected chi connectivity index (χ0v) is 21.1. The Morgan fingerprint density at radius 3 is 1.80 bits per heavy atom. The lowest BCUT2D eigenvalue weighted by atomic mass is 10.1. The number of hydrogen-bond acceptors (Lipinski definition) is 2. The van der Waals surface area contributed by atoms with Crippen LogP contribution in [0.5, 0.6) is 0 Å². The highest BCUT2D eigenvalue weighted by Gasteiger charge is 2.12. The number of halogens is 1. The Hall–Kier alpha value is -0.880. The summed E-state index contributed by atoms with van der Waals surface area (Å²) in [6.45, 7) is 7.12. The van der Waals surface area contributed by atoms with E-state index in [0.29, 0.717) is 12.0 Å². The molecule has 0 saturated heterocycles. The minimum absolute atomic E-state index is 0. The Morgan fingerprint density at radius 2 is 1.37 bits per heavy atom. The molecule has 0 heterocycles. The molecule has 1 N–H and O–H groups in total. The van der Waals surface area contributed by atoms with Crippen LogP contribution in [0.3, 0.4) is 0 Å². The average Bonchev–Trinajstić information content (AvgIpc) is 2.63. The van der Waals surface area contributed by atoms with Crippen LogP contribution >= 0.6 is 0 Å². The predicted octanol–water partition coefficient (Wildman–Crippen LogP) is 3.28. The van der Waals surface area contributed by atoms with Crippen LogP contribution < -0.4 is 12.4 Å². The highest BCUT2D eigenvalue weighted by molar-refractivity contribution is 7.85. The molecule has 1 rings (SSSR count). The van der Waals surface area contributed by atoms with Crippen LogP contribution in [0.2, 0.25) is 0 Å². The number of benzene rings is 1. The standard InChI is InChI=1S/C15H34N.C9H10O3S.ClH/c1-5-6-7-8-9-10-11-12-13-14-15-16(2,3)4;1-2-5-8-6-3-4-7-9(8)13(10,11)12;/h5-15H2,1-4H3;2-4,6-7H,1,5H2,(H,10,11,12);1H/q+1;;/p-1. The highest BCUT2D eigenvalue weighted by atomic mass is 35.5. The van der Waals surface area contributed by atoms with Crippen molar-refractivity contribution in [3.8, 4) is 0 Å². The molecule has 0 aliphatic rings. The van der Waals surface area contributed by atoms with Crippen molar-refractivity contribution in [3.63, 3.8) is 0 Å². The second-order valence-corrected chi connectivity index (χ2v) is 10.2. The lowest BCUT2D eigenvalue weighted by Gasteiger charge is -2.23. The van der Waals surface area contributed by atoms with Gasteiger partial charge in [0.25, 0.3) is 10.1 Å². The third-order valence-corrected chi connectivity index (χ3v) is 5.75. The lowest BCUT2D eigenvalue weighted by Crippen LogP contribution is -3.00. The van der Waals surface area contributed by atoms with Gasteiger partial charge in [-0.05, 0) is 30.9 Å². The predicted molar refractivity (Wildman–Crippen MR) is 125 cm³/mol. The molecule has 0 fully saturated rings. The maximum atomic E-state index is 10.8. The minimum Gasteiger partial charge on any atom is -1.00 e. The molecular formula is C24H44ClNO3S. The summed E-state index contributed by atoms with van der Waals surface area (Å²) < 4.78 is 31.7. The summed E-state index contributed by atoms with van der Waals surface area (Å²) >= 11 is 0. The Labute approximate surface area is 192 Å². The molecule has 0 saturated carbocycles. The summed E-state index contributed by atoms with van der Waals surface area (Å²) in [6, 6.07) is 6.29. The molecule has 0 amide bonds. The van der Waals surface area contributed by atoms with Gasteiger partial charge in [-0.25, -0.2) is 0 Å². The van der Waals surface area contributed by atoms with Crippen molar-refractivity contribution in [2.75, 3.05) is 27.7 Å². The van der Waals surface area contributed by atoms with Crippen molar-refractivity contribution in [1.82, 2.24) is 0 Å². The van der Waals surface area contributed by atoms with Gasteiger partial charge >= 0.3 is 0 Å². The molecule has 0 aliphatic heterocycles. The molecule has 0 unspecified atom stereocenters. The van der Waals surface area contributed by atoms with Gasteiger partial charge in [0.2, 0.25) is 0 Å². The zero-order chi connectivity index (χ0) is 22.2. The van der Waals surface area contributed by atoms with Crippen molar-refractivity contribution >= 4 is 10.1 Å². The summed E-state index contributed by atoms with van der Waals surface area (Å²) in [4.78, 5) is -0.0464. The molecule has 6 heteroatoms. The van der Waals surface area contributed by atoms with E-state index in [1.807, 2.05) is 0 Å². The summed E-state index contributed by atoms with van der Waals surface area (Å²) in [5.41, 5.74) is 0.556. The fourth-order valence-corrected chi connectivity index (χ4v) is 3.89. The van der Waals surface area contributed by atoms with Gasteiger partial charge in [-0.1, -0.05) is 82.6 Å². The number of allylic oxidation sites excluding steroid dienone is 1. The van der Waals surface area contributed by atoms with Gasteiger partial charge in [-0.2, -0.15) is 8.42 Å². The van der Waals surface area contributed by atoms with E-state index in [4.69, 9.17) is 4.55 Å². The van der Waals surface area contributed by atoms with Crippen LogP contribution in [-0.4, -0.2) is 45.1 Å². The summed E-state index contributed by atoms with van der Waals surface area (Å²) in [5, 5.41) is 0. The lowest BCUT2D eigenvalue weighted by molar-refractivity contribution is -0.870. The molecule has 0 aliphatic carbocycles. The fraction of sp³-hybridized carbons (Fsp3) is 0.667. The fourth-order valence-electron chi connectivity index (χ4n) is 3.15. The van der Waals surface area contributed by atoms with Crippen molar-refractivity contribution in [2.45, 2.75) is 82.4 Å². The van der Waals surface area contributed by atoms with Gasteiger partial charge in [0.15, 0.2) is 0 Å². The van der Waals surface area contributed by atoms with E-state index in [9.17, 15) is 8.42 Å². The Balaban J connectivity index is 0. The second kappa shape index (κ2) is 17.8. The van der Waals surface area contributed by atoms with E-state index in [0.717, 1.165) is 4.48 Å². The number of hydrogen-bond donors (Lipinski definition) is 1. The first-order valence-corrected chi connectivity index (χ1v) is 12.5. The molecule has 0 spiro atoms. The van der Waals surface area contributed by atoms with E-state index in [2.05, 4.69) is 34.6 Å². The van der Waals surface area contributed by atoms with Gasteiger partial charge in [0, 0.05) is 0 Å². The topological polar surface area (TPSA) is 54.4 Å². The maximum absolute atomic E-state index is 10.8. The number of nitrogens with zero attached hydrogens (tertiary/aromatic N) is 1. The van der Waals surface area contributed by atoms with Crippen LogP contribution in [-0.2, 0) is 16.5 Å². The first-order valence-electron chi connectivity index (χ1n) is 11.1. The molecule has 0 radical (unpaired) electrons. The minimum atomic E-state index is -4.10. The third-order valence-electron chi connectivity index (χ3n) is 4.80. The van der Waals surface area contributed by atoms with Gasteiger partial charge in [0.1, 0.15) is 0 Å². The van der Waals surface area contributed by atoms with E-state index in [-0.39, 0.29) is 17.3 Å². The number of unbranched alkanes of at least 4 members (excludes halogenated alkanes) is 9. The Kier molecular flexibility index (Phi) is 18.5. The zero-order valence-electron chi connectivity index (χ0n) is 19.6. The van der Waals surface area contributed by atoms with Gasteiger partial charge in [0.05, 0.1) is 32.6 Å². The van der Waals surface area contributed by atoms with E-state index >= 15 is 0 Å². The van der Waals surface area contributed by atoms with Crippen molar-refractivity contribution in [2.24, 2.45) is 0 Å². The Morgan fingerprint density at radius 1 is 0.900 bits per heavy atom. The summed E-state index contributed by atoms with van der Waals surface area (Å²) in [6.07, 6.45) is 16.4. The molecule has 0 atom stereocenters. The van der Waals surface area contributed by atoms with Crippen LogP contribution in [0.15, 0.2) is 41.8 Å². The van der Waals surface area contributed by atoms with Crippen LogP contribution in [0.4, 0.5) is 0 Å². The summed E-state index contributed by atoms with van der Waals surface area (Å²) in [5.74, 6) is 0. The molecule has 0 aromatic heterocycles. The van der Waals surface area contributed by atoms with Crippen LogP contribution in [0.1, 0.15) is 76.7 Å². The van der Waals surface area contributed by atoms with Crippen molar-refractivity contribution in [1.29, 1.82) is 0 Å². The molecule has 4 nitrogen and oxygen atoms in total. The molecule has 176 valence electrons. The number of quaternary nitrogens is 1. The average molecular weight is 462 g/mol.